The molecule has 1 aromatic heterocycles. The van der Waals surface area contributed by atoms with Gasteiger partial charge in [0.2, 0.25) is 0 Å². The summed E-state index contributed by atoms with van der Waals surface area (Å²) in [5.41, 5.74) is 6.61. The van der Waals surface area contributed by atoms with Crippen LogP contribution in [0, 0.1) is 0 Å². The predicted molar refractivity (Wildman–Crippen MR) is 104 cm³/mol. The van der Waals surface area contributed by atoms with Crippen molar-refractivity contribution in [3.05, 3.63) is 61.8 Å². The molecule has 0 atom stereocenters. The smallest absolute Gasteiger partial charge is 0.346 e. The number of nitrogens with two attached hydrogens (primary N) is 1. The molecule has 0 unspecified atom stereocenters. The highest BCUT2D eigenvalue weighted by Crippen LogP contribution is 2.37. The molecule has 2 aromatic rings. The molecule has 1 aromatic carbocycles. The van der Waals surface area contributed by atoms with Crippen LogP contribution in [0.15, 0.2) is 55.5 Å². The first-order valence-electron chi connectivity index (χ1n) is 8.76. The van der Waals surface area contributed by atoms with Crippen molar-refractivity contribution < 1.29 is 9.53 Å². The van der Waals surface area contributed by atoms with Crippen LogP contribution in [0.3, 0.4) is 0 Å². The molecule has 0 saturated heterocycles. The summed E-state index contributed by atoms with van der Waals surface area (Å²) in [4.78, 5) is 38.5. The van der Waals surface area contributed by atoms with Gasteiger partial charge in [-0.1, -0.05) is 49.0 Å². The van der Waals surface area contributed by atoms with Crippen LogP contribution in [0.4, 0.5) is 0 Å². The van der Waals surface area contributed by atoms with Gasteiger partial charge in [0.25, 0.3) is 5.56 Å². The van der Waals surface area contributed by atoms with Gasteiger partial charge < -0.3 is 10.5 Å². The number of rotatable bonds is 5. The van der Waals surface area contributed by atoms with E-state index in [9.17, 15) is 14.4 Å². The Morgan fingerprint density at radius 1 is 1.22 bits per heavy atom. The van der Waals surface area contributed by atoms with Crippen molar-refractivity contribution in [1.82, 2.24) is 9.13 Å². The number of carbonyl (C=O) groups excluding carboxylic acids is 1. The molecule has 142 valence electrons. The molecular formula is C19H21N3O4S. The highest BCUT2D eigenvalue weighted by atomic mass is 32.2. The van der Waals surface area contributed by atoms with Gasteiger partial charge in [0, 0.05) is 6.54 Å². The molecule has 8 heteroatoms. The van der Waals surface area contributed by atoms with Gasteiger partial charge in [-0.25, -0.2) is 9.59 Å². The van der Waals surface area contributed by atoms with E-state index >= 15 is 0 Å². The third kappa shape index (κ3) is 3.44. The molecule has 0 amide bonds. The second-order valence-electron chi connectivity index (χ2n) is 6.05. The molecule has 1 aliphatic heterocycles. The predicted octanol–water partition coefficient (Wildman–Crippen LogP) is 1.93. The average Bonchev–Trinajstić information content (AvgIpc) is 2.66. The zero-order chi connectivity index (χ0) is 19.6. The Bertz CT molecular complexity index is 1020. The van der Waals surface area contributed by atoms with Crippen molar-refractivity contribution in [1.29, 1.82) is 0 Å². The number of hydrogen-bond acceptors (Lipinski definition) is 6. The number of esters is 1. The maximum absolute atomic E-state index is 13.1. The first-order valence-corrected chi connectivity index (χ1v) is 9.57. The van der Waals surface area contributed by atoms with E-state index in [2.05, 4.69) is 0 Å². The lowest BCUT2D eigenvalue weighted by atomic mass is 10.1. The summed E-state index contributed by atoms with van der Waals surface area (Å²) in [6, 6.07) is 9.12. The van der Waals surface area contributed by atoms with E-state index in [1.54, 1.807) is 6.92 Å². The lowest BCUT2D eigenvalue weighted by Gasteiger charge is -2.24. The third-order valence-electron chi connectivity index (χ3n) is 4.17. The van der Waals surface area contributed by atoms with Gasteiger partial charge in [0.05, 0.1) is 29.4 Å². The molecule has 0 aliphatic carbocycles. The van der Waals surface area contributed by atoms with Crippen LogP contribution in [0.2, 0.25) is 0 Å². The standard InChI is InChI=1S/C19H21N3O4S/c1-3-10-21-16(23)14(12-8-6-5-7-9-12)17-22(19(21)25)11-13(20)15(27-17)18(24)26-4-2/h5-9H,3-4,10-11,20H2,1-2H3. The maximum Gasteiger partial charge on any atom is 0.346 e. The van der Waals surface area contributed by atoms with Gasteiger partial charge in [0.15, 0.2) is 0 Å². The van der Waals surface area contributed by atoms with Gasteiger partial charge in [0.1, 0.15) is 4.91 Å². The fraction of sp³-hybridized carbons (Fsp3) is 0.316. The molecule has 0 radical (unpaired) electrons. The second-order valence-corrected chi connectivity index (χ2v) is 7.05. The Balaban J connectivity index is 2.27. The van der Waals surface area contributed by atoms with Crippen LogP contribution < -0.4 is 17.0 Å². The fourth-order valence-electron chi connectivity index (χ4n) is 2.97. The molecule has 3 rings (SSSR count). The average molecular weight is 387 g/mol. The zero-order valence-electron chi connectivity index (χ0n) is 15.2. The molecule has 1 aliphatic rings. The van der Waals surface area contributed by atoms with Gasteiger partial charge in [-0.05, 0) is 18.9 Å². The number of carbonyl (C=O) groups is 1. The van der Waals surface area contributed by atoms with E-state index in [4.69, 9.17) is 10.5 Å². The second kappa shape index (κ2) is 7.87. The molecule has 0 fully saturated rings. The maximum atomic E-state index is 13.1. The van der Waals surface area contributed by atoms with Crippen LogP contribution in [-0.2, 0) is 22.6 Å². The first-order chi connectivity index (χ1) is 13.0. The number of fused-ring (bicyclic) bond motifs is 1. The molecule has 7 nitrogen and oxygen atoms in total. The SMILES string of the molecule is CCCn1c(=O)c(-c2ccccc2)c2n(c1=O)CC(N)=C(C(=O)OCC)S2. The largest absolute Gasteiger partial charge is 0.462 e. The minimum absolute atomic E-state index is 0.0408. The quantitative estimate of drug-likeness (QED) is 0.622. The number of allylic oxidation sites excluding steroid dienone is 1. The topological polar surface area (TPSA) is 96.3 Å². The van der Waals surface area contributed by atoms with Crippen molar-refractivity contribution in [3.63, 3.8) is 0 Å². The number of aromatic nitrogens is 2. The first kappa shape index (κ1) is 19.0. The van der Waals surface area contributed by atoms with E-state index in [0.717, 1.165) is 11.8 Å². The lowest BCUT2D eigenvalue weighted by Crippen LogP contribution is -2.43. The van der Waals surface area contributed by atoms with Crippen molar-refractivity contribution in [2.75, 3.05) is 6.61 Å². The van der Waals surface area contributed by atoms with Gasteiger partial charge >= 0.3 is 11.7 Å². The number of hydrogen-bond donors (Lipinski definition) is 1. The summed E-state index contributed by atoms with van der Waals surface area (Å²) < 4.78 is 7.76. The summed E-state index contributed by atoms with van der Waals surface area (Å²) in [6.07, 6.45) is 0.648. The summed E-state index contributed by atoms with van der Waals surface area (Å²) in [7, 11) is 0. The van der Waals surface area contributed by atoms with Crippen molar-refractivity contribution >= 4 is 17.7 Å². The minimum Gasteiger partial charge on any atom is -0.462 e. The Labute approximate surface area is 160 Å². The Hall–Kier alpha value is -2.74. The number of thioether (sulfide) groups is 1. The number of nitrogens with zero attached hydrogens (tertiary/aromatic N) is 2. The number of benzene rings is 1. The van der Waals surface area contributed by atoms with E-state index < -0.39 is 11.7 Å². The van der Waals surface area contributed by atoms with Crippen LogP contribution in [-0.4, -0.2) is 21.7 Å². The molecule has 0 bridgehead atoms. The Morgan fingerprint density at radius 3 is 2.56 bits per heavy atom. The third-order valence-corrected chi connectivity index (χ3v) is 5.42. The molecule has 2 heterocycles. The molecule has 2 N–H and O–H groups in total. The Morgan fingerprint density at radius 2 is 1.93 bits per heavy atom. The Kier molecular flexibility index (Phi) is 5.55. The van der Waals surface area contributed by atoms with Crippen molar-refractivity contribution in [3.8, 4) is 11.1 Å². The van der Waals surface area contributed by atoms with Crippen LogP contribution in [0.25, 0.3) is 11.1 Å². The highest BCUT2D eigenvalue weighted by molar-refractivity contribution is 8.04. The van der Waals surface area contributed by atoms with E-state index in [0.29, 0.717) is 29.1 Å². The van der Waals surface area contributed by atoms with E-state index in [1.165, 1.54) is 9.13 Å². The van der Waals surface area contributed by atoms with Crippen LogP contribution in [0.5, 0.6) is 0 Å². The lowest BCUT2D eigenvalue weighted by molar-refractivity contribution is -0.137. The number of ether oxygens (including phenoxy) is 1. The normalized spacial score (nSPS) is 13.4. The zero-order valence-corrected chi connectivity index (χ0v) is 16.0. The molecule has 0 spiro atoms. The van der Waals surface area contributed by atoms with E-state index in [-0.39, 0.29) is 29.3 Å². The van der Waals surface area contributed by atoms with Crippen molar-refractivity contribution in [2.45, 2.75) is 38.4 Å². The summed E-state index contributed by atoms with van der Waals surface area (Å²) >= 11 is 1.02. The summed E-state index contributed by atoms with van der Waals surface area (Å²) in [5, 5.41) is 0.417. The molecule has 0 saturated carbocycles. The molecular weight excluding hydrogens is 366 g/mol. The fourth-order valence-corrected chi connectivity index (χ4v) is 4.06. The van der Waals surface area contributed by atoms with Gasteiger partial charge in [-0.3, -0.25) is 13.9 Å². The molecule has 27 heavy (non-hydrogen) atoms. The minimum atomic E-state index is -0.546. The summed E-state index contributed by atoms with van der Waals surface area (Å²) in [6.45, 7) is 4.18. The van der Waals surface area contributed by atoms with Crippen LogP contribution in [0.1, 0.15) is 20.3 Å². The van der Waals surface area contributed by atoms with Crippen molar-refractivity contribution in [2.24, 2.45) is 5.73 Å². The van der Waals surface area contributed by atoms with Crippen LogP contribution >= 0.6 is 11.8 Å². The highest BCUT2D eigenvalue weighted by Gasteiger charge is 2.29. The van der Waals surface area contributed by atoms with E-state index in [1.807, 2.05) is 37.3 Å². The van der Waals surface area contributed by atoms with Gasteiger partial charge in [-0.2, -0.15) is 0 Å². The van der Waals surface area contributed by atoms with Gasteiger partial charge in [-0.15, -0.1) is 0 Å². The monoisotopic (exact) mass is 387 g/mol. The summed E-state index contributed by atoms with van der Waals surface area (Å²) in [5.74, 6) is -0.546.